The molecule has 1 aliphatic heterocycles. The van der Waals surface area contributed by atoms with Crippen LogP contribution < -0.4 is 5.32 Å². The first kappa shape index (κ1) is 20.5. The Morgan fingerprint density at radius 3 is 2.76 bits per heavy atom. The van der Waals surface area contributed by atoms with E-state index in [2.05, 4.69) is 5.32 Å². The minimum absolute atomic E-state index is 0.217. The number of aliphatic hydroxyl groups excluding tert-OH is 1. The second kappa shape index (κ2) is 9.73. The van der Waals surface area contributed by atoms with Crippen molar-refractivity contribution in [1.82, 2.24) is 5.32 Å². The van der Waals surface area contributed by atoms with Crippen molar-refractivity contribution in [1.29, 1.82) is 0 Å². The van der Waals surface area contributed by atoms with E-state index in [1.54, 1.807) is 0 Å². The molecular formula is C17H22F3NO2S2. The van der Waals surface area contributed by atoms with E-state index in [4.69, 9.17) is 0 Å². The molecule has 0 aliphatic carbocycles. The lowest BCUT2D eigenvalue weighted by molar-refractivity contribution is -0.139. The molecule has 25 heavy (non-hydrogen) atoms. The summed E-state index contributed by atoms with van der Waals surface area (Å²) in [6, 6.07) is 4.88. The van der Waals surface area contributed by atoms with Gasteiger partial charge in [-0.25, -0.2) is 0 Å². The van der Waals surface area contributed by atoms with Gasteiger partial charge < -0.3 is 10.4 Å². The lowest BCUT2D eigenvalue weighted by Crippen LogP contribution is -2.29. The van der Waals surface area contributed by atoms with Crippen molar-refractivity contribution in [3.05, 3.63) is 35.4 Å². The van der Waals surface area contributed by atoms with Crippen LogP contribution in [0.1, 0.15) is 49.3 Å². The van der Waals surface area contributed by atoms with Gasteiger partial charge in [-0.15, -0.1) is 0 Å². The van der Waals surface area contributed by atoms with E-state index < -0.39 is 17.8 Å². The van der Waals surface area contributed by atoms with Crippen LogP contribution in [0, 0.1) is 0 Å². The lowest BCUT2D eigenvalue weighted by atomic mass is 10.0. The number of benzene rings is 1. The van der Waals surface area contributed by atoms with Crippen LogP contribution >= 0.6 is 21.6 Å². The van der Waals surface area contributed by atoms with Crippen LogP contribution in [0.15, 0.2) is 24.3 Å². The third-order valence-electron chi connectivity index (χ3n) is 4.02. The van der Waals surface area contributed by atoms with Gasteiger partial charge in [0.05, 0.1) is 11.7 Å². The molecule has 1 fully saturated rings. The van der Waals surface area contributed by atoms with Crippen LogP contribution in [0.4, 0.5) is 13.2 Å². The number of aliphatic hydroxyl groups is 1. The zero-order valence-electron chi connectivity index (χ0n) is 13.7. The van der Waals surface area contributed by atoms with Crippen molar-refractivity contribution in [3.8, 4) is 0 Å². The smallest absolute Gasteiger partial charge is 0.387 e. The molecule has 2 N–H and O–H groups in total. The molecule has 8 heteroatoms. The largest absolute Gasteiger partial charge is 0.416 e. The Labute approximate surface area is 153 Å². The molecule has 2 unspecified atom stereocenters. The quantitative estimate of drug-likeness (QED) is 0.502. The molecule has 1 amide bonds. The van der Waals surface area contributed by atoms with Crippen molar-refractivity contribution in [2.75, 3.05) is 12.3 Å². The molecule has 0 bridgehead atoms. The molecule has 0 aromatic heterocycles. The summed E-state index contributed by atoms with van der Waals surface area (Å²) in [4.78, 5) is 11.8. The van der Waals surface area contributed by atoms with Gasteiger partial charge in [0.2, 0.25) is 5.91 Å². The highest BCUT2D eigenvalue weighted by atomic mass is 33.1. The zero-order chi connectivity index (χ0) is 18.3. The second-order valence-electron chi connectivity index (χ2n) is 5.98. The Balaban J connectivity index is 1.72. The van der Waals surface area contributed by atoms with Gasteiger partial charge in [-0.05, 0) is 30.9 Å². The number of carbonyl (C=O) groups is 1. The fourth-order valence-corrected chi connectivity index (χ4v) is 5.70. The van der Waals surface area contributed by atoms with Crippen LogP contribution in [-0.4, -0.2) is 28.6 Å². The van der Waals surface area contributed by atoms with Crippen molar-refractivity contribution in [2.24, 2.45) is 0 Å². The van der Waals surface area contributed by atoms with E-state index in [-0.39, 0.29) is 18.0 Å². The summed E-state index contributed by atoms with van der Waals surface area (Å²) in [5.41, 5.74) is -1.09. The van der Waals surface area contributed by atoms with Gasteiger partial charge in [-0.3, -0.25) is 4.79 Å². The third kappa shape index (κ3) is 6.75. The minimum Gasteiger partial charge on any atom is -0.387 e. The number of amides is 1. The van der Waals surface area contributed by atoms with E-state index in [0.29, 0.717) is 11.7 Å². The highest BCUT2D eigenvalue weighted by Crippen LogP contribution is 2.40. The van der Waals surface area contributed by atoms with Gasteiger partial charge in [0.15, 0.2) is 0 Å². The summed E-state index contributed by atoms with van der Waals surface area (Å²) in [6.07, 6.45) is -1.56. The van der Waals surface area contributed by atoms with Crippen LogP contribution in [0.25, 0.3) is 0 Å². The predicted molar refractivity (Wildman–Crippen MR) is 96.3 cm³/mol. The highest BCUT2D eigenvalue weighted by molar-refractivity contribution is 8.77. The number of hydrogen-bond acceptors (Lipinski definition) is 4. The molecule has 3 nitrogen and oxygen atoms in total. The zero-order valence-corrected chi connectivity index (χ0v) is 15.4. The average Bonchev–Trinajstić information content (AvgIpc) is 3.09. The molecule has 2 atom stereocenters. The molecule has 1 aromatic rings. The van der Waals surface area contributed by atoms with E-state index in [1.807, 2.05) is 21.6 Å². The number of hydrogen-bond donors (Lipinski definition) is 2. The van der Waals surface area contributed by atoms with Crippen molar-refractivity contribution in [2.45, 2.75) is 49.6 Å². The molecule has 1 aliphatic rings. The fourth-order valence-electron chi connectivity index (χ4n) is 2.68. The van der Waals surface area contributed by atoms with Crippen LogP contribution in [0.5, 0.6) is 0 Å². The van der Waals surface area contributed by atoms with Crippen LogP contribution in [-0.2, 0) is 11.0 Å². The van der Waals surface area contributed by atoms with Gasteiger partial charge in [0.1, 0.15) is 0 Å². The molecule has 2 rings (SSSR count). The second-order valence-corrected chi connectivity index (χ2v) is 8.77. The van der Waals surface area contributed by atoms with Crippen molar-refractivity contribution < 1.29 is 23.1 Å². The maximum atomic E-state index is 12.9. The number of alkyl halides is 3. The van der Waals surface area contributed by atoms with Crippen LogP contribution in [0.2, 0.25) is 0 Å². The van der Waals surface area contributed by atoms with Crippen LogP contribution in [0.3, 0.4) is 0 Å². The monoisotopic (exact) mass is 393 g/mol. The summed E-state index contributed by atoms with van der Waals surface area (Å²) >= 11 is 0. The SMILES string of the molecule is O=C(CCCCC1CCSS1)NCC(O)c1ccccc1C(F)(F)F. The Bertz CT molecular complexity index is 563. The molecule has 0 saturated carbocycles. The summed E-state index contributed by atoms with van der Waals surface area (Å²) < 4.78 is 38.8. The number of carbonyl (C=O) groups excluding carboxylic acids is 1. The first-order chi connectivity index (χ1) is 11.9. The summed E-state index contributed by atoms with van der Waals surface area (Å²) in [7, 11) is 3.80. The number of unbranched alkanes of at least 4 members (excludes halogenated alkanes) is 1. The maximum absolute atomic E-state index is 12.9. The Morgan fingerprint density at radius 2 is 2.08 bits per heavy atom. The van der Waals surface area contributed by atoms with Gasteiger partial charge >= 0.3 is 6.18 Å². The third-order valence-corrected chi connectivity index (χ3v) is 7.03. The molecule has 1 heterocycles. The number of nitrogens with one attached hydrogen (secondary N) is 1. The lowest BCUT2D eigenvalue weighted by Gasteiger charge is -2.18. The normalized spacial score (nSPS) is 19.0. The average molecular weight is 393 g/mol. The number of halogens is 3. The summed E-state index contributed by atoms with van der Waals surface area (Å²) in [5.74, 6) is 0.949. The summed E-state index contributed by atoms with van der Waals surface area (Å²) in [5, 5.41) is 13.2. The van der Waals surface area contributed by atoms with Gasteiger partial charge in [0.25, 0.3) is 0 Å². The van der Waals surface area contributed by atoms with Gasteiger partial charge in [-0.1, -0.05) is 46.2 Å². The molecule has 1 saturated heterocycles. The molecular weight excluding hydrogens is 371 g/mol. The maximum Gasteiger partial charge on any atom is 0.416 e. The first-order valence-electron chi connectivity index (χ1n) is 8.27. The van der Waals surface area contributed by atoms with Gasteiger partial charge in [0, 0.05) is 24.0 Å². The van der Waals surface area contributed by atoms with Crippen molar-refractivity contribution >= 4 is 27.5 Å². The molecule has 1 aromatic carbocycles. The standard InChI is InChI=1S/C17H22F3NO2S2/c18-17(19,20)14-7-3-2-6-13(14)15(22)11-21-16(23)8-4-1-5-12-9-10-24-25-12/h2-3,6-7,12,15,22H,1,4-5,8-11H2,(H,21,23). The topological polar surface area (TPSA) is 49.3 Å². The Kier molecular flexibility index (Phi) is 7.96. The van der Waals surface area contributed by atoms with Gasteiger partial charge in [-0.2, -0.15) is 13.2 Å². The van der Waals surface area contributed by atoms with E-state index in [9.17, 15) is 23.1 Å². The molecule has 0 spiro atoms. The molecule has 140 valence electrons. The van der Waals surface area contributed by atoms with E-state index in [0.717, 1.165) is 25.3 Å². The van der Waals surface area contributed by atoms with E-state index >= 15 is 0 Å². The summed E-state index contributed by atoms with van der Waals surface area (Å²) in [6.45, 7) is -0.221. The van der Waals surface area contributed by atoms with E-state index in [1.165, 1.54) is 30.4 Å². The Morgan fingerprint density at radius 1 is 1.32 bits per heavy atom. The Hall–Kier alpha value is -0.860. The highest BCUT2D eigenvalue weighted by Gasteiger charge is 2.34. The predicted octanol–water partition coefficient (Wildman–Crippen LogP) is 4.57. The minimum atomic E-state index is -4.53. The van der Waals surface area contributed by atoms with Crippen molar-refractivity contribution in [3.63, 3.8) is 0 Å². The first-order valence-corrected chi connectivity index (χ1v) is 10.7. The molecule has 0 radical (unpaired) electrons. The fraction of sp³-hybridized carbons (Fsp3) is 0.588. The number of rotatable bonds is 8.